The Morgan fingerprint density at radius 3 is 2.71 bits per heavy atom. The van der Waals surface area contributed by atoms with E-state index in [4.69, 9.17) is 9.15 Å². The highest BCUT2D eigenvalue weighted by molar-refractivity contribution is 5.96. The molecule has 0 spiro atoms. The molecule has 1 aromatic carbocycles. The quantitative estimate of drug-likeness (QED) is 0.850. The van der Waals surface area contributed by atoms with Gasteiger partial charge >= 0.3 is 0 Å². The highest BCUT2D eigenvalue weighted by Crippen LogP contribution is 2.23. The molecule has 0 N–H and O–H groups in total. The summed E-state index contributed by atoms with van der Waals surface area (Å²) in [6.07, 6.45) is 2.37. The van der Waals surface area contributed by atoms with Crippen LogP contribution in [0.1, 0.15) is 30.3 Å². The molecule has 2 aliphatic heterocycles. The summed E-state index contributed by atoms with van der Waals surface area (Å²) in [5.41, 5.74) is 0.776. The lowest BCUT2D eigenvalue weighted by Gasteiger charge is -2.41. The van der Waals surface area contributed by atoms with Crippen molar-refractivity contribution in [1.29, 1.82) is 0 Å². The van der Waals surface area contributed by atoms with Crippen LogP contribution in [-0.2, 0) is 4.74 Å². The van der Waals surface area contributed by atoms with Gasteiger partial charge in [0.15, 0.2) is 5.76 Å². The summed E-state index contributed by atoms with van der Waals surface area (Å²) < 4.78 is 11.3. The monoisotopic (exact) mass is 328 g/mol. The number of benzene rings is 1. The van der Waals surface area contributed by atoms with Gasteiger partial charge in [0, 0.05) is 37.6 Å². The summed E-state index contributed by atoms with van der Waals surface area (Å²) in [6.45, 7) is 6.55. The third-order valence-electron chi connectivity index (χ3n) is 5.18. The summed E-state index contributed by atoms with van der Waals surface area (Å²) in [6, 6.07) is 10.2. The maximum atomic E-state index is 12.7. The number of likely N-dealkylation sites (tertiary alicyclic amines) is 1. The van der Waals surface area contributed by atoms with Gasteiger partial charge in [0.05, 0.1) is 12.7 Å². The van der Waals surface area contributed by atoms with Gasteiger partial charge in [-0.25, -0.2) is 0 Å². The van der Waals surface area contributed by atoms with Crippen LogP contribution in [-0.4, -0.2) is 60.6 Å². The Balaban J connectivity index is 1.39. The second kappa shape index (κ2) is 6.57. The van der Waals surface area contributed by atoms with Crippen LogP contribution in [0.5, 0.6) is 0 Å². The fourth-order valence-corrected chi connectivity index (χ4v) is 3.85. The van der Waals surface area contributed by atoms with Crippen molar-refractivity contribution in [2.75, 3.05) is 32.8 Å². The van der Waals surface area contributed by atoms with Crippen molar-refractivity contribution in [3.63, 3.8) is 0 Å². The molecule has 1 atom stereocenters. The van der Waals surface area contributed by atoms with Gasteiger partial charge in [0.25, 0.3) is 5.91 Å². The van der Waals surface area contributed by atoms with Crippen LogP contribution < -0.4 is 0 Å². The smallest absolute Gasteiger partial charge is 0.289 e. The minimum Gasteiger partial charge on any atom is -0.451 e. The first-order valence-corrected chi connectivity index (χ1v) is 8.84. The number of piperidine rings is 1. The van der Waals surface area contributed by atoms with E-state index in [1.54, 1.807) is 0 Å². The standard InChI is InChI=1S/C19H24N2O3/c1-14-13-21(10-11-23-14)16-6-8-20(9-7-16)19(22)18-12-15-4-2-3-5-17(15)24-18/h2-5,12,14,16H,6-11,13H2,1H3/t14-/m0/s1. The lowest BCUT2D eigenvalue weighted by molar-refractivity contribution is -0.0424. The molecular weight excluding hydrogens is 304 g/mol. The Labute approximate surface area is 142 Å². The maximum Gasteiger partial charge on any atom is 0.289 e. The van der Waals surface area contributed by atoms with E-state index in [1.807, 2.05) is 35.2 Å². The van der Waals surface area contributed by atoms with Gasteiger partial charge in [-0.3, -0.25) is 9.69 Å². The van der Waals surface area contributed by atoms with Crippen LogP contribution in [0.2, 0.25) is 0 Å². The van der Waals surface area contributed by atoms with E-state index in [0.717, 1.165) is 56.6 Å². The molecule has 0 saturated carbocycles. The zero-order valence-electron chi connectivity index (χ0n) is 14.1. The van der Waals surface area contributed by atoms with E-state index in [0.29, 0.717) is 17.9 Å². The highest BCUT2D eigenvalue weighted by atomic mass is 16.5. The van der Waals surface area contributed by atoms with Crippen molar-refractivity contribution in [3.05, 3.63) is 36.1 Å². The number of rotatable bonds is 2. The van der Waals surface area contributed by atoms with Crippen molar-refractivity contribution in [3.8, 4) is 0 Å². The van der Waals surface area contributed by atoms with Crippen molar-refractivity contribution < 1.29 is 13.9 Å². The van der Waals surface area contributed by atoms with Crippen molar-refractivity contribution >= 4 is 16.9 Å². The van der Waals surface area contributed by atoms with Gasteiger partial charge in [-0.2, -0.15) is 0 Å². The molecule has 2 aromatic rings. The lowest BCUT2D eigenvalue weighted by atomic mass is 10.0. The minimum absolute atomic E-state index is 0.0139. The Morgan fingerprint density at radius 2 is 1.96 bits per heavy atom. The van der Waals surface area contributed by atoms with Crippen molar-refractivity contribution in [2.45, 2.75) is 31.9 Å². The first-order chi connectivity index (χ1) is 11.7. The third-order valence-corrected chi connectivity index (χ3v) is 5.18. The van der Waals surface area contributed by atoms with Crippen LogP contribution in [0.15, 0.2) is 34.7 Å². The van der Waals surface area contributed by atoms with E-state index < -0.39 is 0 Å². The fourth-order valence-electron chi connectivity index (χ4n) is 3.85. The molecule has 2 fully saturated rings. The molecule has 1 aromatic heterocycles. The Bertz CT molecular complexity index is 685. The Kier molecular flexibility index (Phi) is 4.29. The second-order valence-electron chi connectivity index (χ2n) is 6.85. The Hall–Kier alpha value is -1.85. The van der Waals surface area contributed by atoms with E-state index in [9.17, 15) is 4.79 Å². The number of hydrogen-bond acceptors (Lipinski definition) is 4. The van der Waals surface area contributed by atoms with Gasteiger partial charge in [-0.15, -0.1) is 0 Å². The summed E-state index contributed by atoms with van der Waals surface area (Å²) in [7, 11) is 0. The average Bonchev–Trinajstić information content (AvgIpc) is 3.05. The topological polar surface area (TPSA) is 45.9 Å². The number of hydrogen-bond donors (Lipinski definition) is 0. The van der Waals surface area contributed by atoms with Crippen LogP contribution in [0, 0.1) is 0 Å². The second-order valence-corrected chi connectivity index (χ2v) is 6.85. The van der Waals surface area contributed by atoms with Crippen LogP contribution in [0.4, 0.5) is 0 Å². The predicted octanol–water partition coefficient (Wildman–Crippen LogP) is 2.76. The number of morpholine rings is 1. The van der Waals surface area contributed by atoms with E-state index in [2.05, 4.69) is 11.8 Å². The number of fused-ring (bicyclic) bond motifs is 1. The number of nitrogens with zero attached hydrogens (tertiary/aromatic N) is 2. The highest BCUT2D eigenvalue weighted by Gasteiger charge is 2.30. The SMILES string of the molecule is C[C@H]1CN(C2CCN(C(=O)c3cc4ccccc4o3)CC2)CCO1. The molecule has 24 heavy (non-hydrogen) atoms. The molecular formula is C19H24N2O3. The average molecular weight is 328 g/mol. The molecule has 0 radical (unpaired) electrons. The summed E-state index contributed by atoms with van der Waals surface area (Å²) >= 11 is 0. The number of amides is 1. The zero-order valence-corrected chi connectivity index (χ0v) is 14.1. The molecule has 128 valence electrons. The largest absolute Gasteiger partial charge is 0.451 e. The molecule has 0 unspecified atom stereocenters. The fraction of sp³-hybridized carbons (Fsp3) is 0.526. The minimum atomic E-state index is 0.0139. The molecule has 4 rings (SSSR count). The molecule has 2 saturated heterocycles. The number of para-hydroxylation sites is 1. The lowest BCUT2D eigenvalue weighted by Crippen LogP contribution is -2.51. The molecule has 5 nitrogen and oxygen atoms in total. The number of ether oxygens (including phenoxy) is 1. The van der Waals surface area contributed by atoms with Crippen molar-refractivity contribution in [1.82, 2.24) is 9.80 Å². The van der Waals surface area contributed by atoms with Gasteiger partial charge in [-0.05, 0) is 31.9 Å². The number of carbonyl (C=O) groups is 1. The summed E-state index contributed by atoms with van der Waals surface area (Å²) in [5.74, 6) is 0.467. The van der Waals surface area contributed by atoms with E-state index >= 15 is 0 Å². The van der Waals surface area contributed by atoms with E-state index in [-0.39, 0.29) is 5.91 Å². The van der Waals surface area contributed by atoms with Crippen molar-refractivity contribution in [2.24, 2.45) is 0 Å². The summed E-state index contributed by atoms with van der Waals surface area (Å²) in [5, 5.41) is 0.984. The maximum absolute atomic E-state index is 12.7. The van der Waals surface area contributed by atoms with Crippen LogP contribution in [0.25, 0.3) is 11.0 Å². The van der Waals surface area contributed by atoms with E-state index in [1.165, 1.54) is 0 Å². The van der Waals surface area contributed by atoms with Gasteiger partial charge in [0.1, 0.15) is 5.58 Å². The van der Waals surface area contributed by atoms with Gasteiger partial charge in [0.2, 0.25) is 0 Å². The molecule has 2 aliphatic rings. The molecule has 0 aliphatic carbocycles. The predicted molar refractivity (Wildman–Crippen MR) is 92.1 cm³/mol. The molecule has 0 bridgehead atoms. The molecule has 1 amide bonds. The van der Waals surface area contributed by atoms with Crippen LogP contribution >= 0.6 is 0 Å². The zero-order chi connectivity index (χ0) is 16.5. The first-order valence-electron chi connectivity index (χ1n) is 8.84. The summed E-state index contributed by atoms with van der Waals surface area (Å²) in [4.78, 5) is 17.2. The Morgan fingerprint density at radius 1 is 1.17 bits per heavy atom. The first kappa shape index (κ1) is 15.7. The normalized spacial score (nSPS) is 23.7. The van der Waals surface area contributed by atoms with Gasteiger partial charge in [-0.1, -0.05) is 18.2 Å². The number of carbonyl (C=O) groups excluding carboxylic acids is 1. The molecule has 5 heteroatoms. The molecule has 3 heterocycles. The van der Waals surface area contributed by atoms with Crippen LogP contribution in [0.3, 0.4) is 0 Å². The van der Waals surface area contributed by atoms with Gasteiger partial charge < -0.3 is 14.1 Å². The third kappa shape index (κ3) is 3.06. The number of furan rings is 1.